The molecule has 15 nitrogen and oxygen atoms in total. The Morgan fingerprint density at radius 1 is 0.821 bits per heavy atom. The minimum Gasteiger partial charge on any atom is -0.490 e. The molecule has 7 aromatic rings. The smallest absolute Gasteiger partial charge is 0.358 e. The molecule has 4 aliphatic rings. The van der Waals surface area contributed by atoms with Gasteiger partial charge in [-0.2, -0.15) is 5.10 Å². The van der Waals surface area contributed by atoms with Crippen LogP contribution in [-0.4, -0.2) is 99.3 Å². The maximum Gasteiger partial charge on any atom is 0.358 e. The first-order valence-electron chi connectivity index (χ1n) is 27.9. The molecule has 3 fully saturated rings. The van der Waals surface area contributed by atoms with Crippen LogP contribution in [0.2, 0.25) is 0 Å². The number of aromatic nitrogens is 4. The molecule has 16 heteroatoms. The fraction of sp³-hybridized carbons (Fsp3) is 0.435. The zero-order valence-corrected chi connectivity index (χ0v) is 46.6. The summed E-state index contributed by atoms with van der Waals surface area (Å²) in [6.45, 7) is 16.1. The van der Waals surface area contributed by atoms with E-state index in [4.69, 9.17) is 19.6 Å². The normalized spacial score (nSPS) is 19.2. The molecule has 406 valence electrons. The third-order valence-electron chi connectivity index (χ3n) is 16.3. The molecule has 1 aliphatic carbocycles. The number of hydrogen-bond acceptors (Lipinski definition) is 13. The van der Waals surface area contributed by atoms with Crippen molar-refractivity contribution in [1.82, 2.24) is 30.0 Å². The quantitative estimate of drug-likeness (QED) is 0.0603. The molecule has 4 aromatic carbocycles. The molecule has 78 heavy (non-hydrogen) atoms. The van der Waals surface area contributed by atoms with Crippen molar-refractivity contribution in [3.63, 3.8) is 0 Å². The number of aryl methyl sites for hydroxylation is 2. The Kier molecular flexibility index (Phi) is 15.1. The fourth-order valence-corrected chi connectivity index (χ4v) is 13.0. The van der Waals surface area contributed by atoms with Crippen LogP contribution in [0, 0.1) is 19.8 Å². The number of nitrogens with zero attached hydrogens (tertiary/aromatic N) is 7. The van der Waals surface area contributed by atoms with E-state index in [-0.39, 0.29) is 29.5 Å². The summed E-state index contributed by atoms with van der Waals surface area (Å²) in [5.41, 5.74) is 9.71. The average molecular weight is 1070 g/mol. The topological polar surface area (TPSA) is 164 Å². The number of unbranched alkanes of at least 4 members (excludes halogenated alkanes) is 1. The number of benzene rings is 4. The number of carbonyl (C=O) groups excluding carboxylic acids is 4. The van der Waals surface area contributed by atoms with Crippen LogP contribution in [0.3, 0.4) is 0 Å². The molecule has 2 saturated heterocycles. The van der Waals surface area contributed by atoms with Gasteiger partial charge in [0.15, 0.2) is 10.8 Å². The maximum atomic E-state index is 14.1. The molecule has 3 amide bonds. The van der Waals surface area contributed by atoms with E-state index in [0.717, 1.165) is 120 Å². The number of piperazine rings is 1. The Morgan fingerprint density at radius 3 is 2.40 bits per heavy atom. The summed E-state index contributed by atoms with van der Waals surface area (Å²) in [5.74, 6) is 0.605. The number of anilines is 3. The molecule has 0 radical (unpaired) electrons. The van der Waals surface area contributed by atoms with Gasteiger partial charge in [-0.3, -0.25) is 34.6 Å². The van der Waals surface area contributed by atoms with Gasteiger partial charge in [0.05, 0.1) is 33.4 Å². The number of piperidine rings is 1. The third-order valence-corrected chi connectivity index (χ3v) is 17.3. The Hall–Kier alpha value is -7.17. The van der Waals surface area contributed by atoms with E-state index in [9.17, 15) is 19.2 Å². The van der Waals surface area contributed by atoms with Crippen LogP contribution in [0.4, 0.5) is 16.6 Å². The van der Waals surface area contributed by atoms with Gasteiger partial charge < -0.3 is 19.3 Å². The number of thiazole rings is 1. The number of ether oxygens (including phenoxy) is 2. The largest absolute Gasteiger partial charge is 0.490 e. The Morgan fingerprint density at radius 2 is 1.62 bits per heavy atom. The van der Waals surface area contributed by atoms with E-state index < -0.39 is 17.5 Å². The molecule has 2 N–H and O–H groups in total. The van der Waals surface area contributed by atoms with Gasteiger partial charge in [0.1, 0.15) is 17.2 Å². The van der Waals surface area contributed by atoms with Gasteiger partial charge in [0.2, 0.25) is 11.8 Å². The van der Waals surface area contributed by atoms with E-state index in [0.29, 0.717) is 53.9 Å². The molecule has 1 unspecified atom stereocenters. The first-order valence-corrected chi connectivity index (χ1v) is 28.8. The number of carbonyl (C=O) groups is 4. The first kappa shape index (κ1) is 52.9. The maximum absolute atomic E-state index is 14.1. The van der Waals surface area contributed by atoms with Gasteiger partial charge in [-0.25, -0.2) is 14.8 Å². The van der Waals surface area contributed by atoms with E-state index in [1.165, 1.54) is 41.9 Å². The number of rotatable bonds is 14. The molecular formula is C62H71N9O6S. The van der Waals surface area contributed by atoms with Gasteiger partial charge >= 0.3 is 5.97 Å². The number of fused-ring (bicyclic) bond motifs is 3. The molecule has 0 spiro atoms. The van der Waals surface area contributed by atoms with Crippen LogP contribution < -0.4 is 25.2 Å². The summed E-state index contributed by atoms with van der Waals surface area (Å²) in [6, 6.07) is 28.2. The highest BCUT2D eigenvalue weighted by Gasteiger charge is 2.33. The average Bonchev–Trinajstić information content (AvgIpc) is 4.14. The summed E-state index contributed by atoms with van der Waals surface area (Å²) in [7, 11) is 1.93. The summed E-state index contributed by atoms with van der Waals surface area (Å²) in [4.78, 5) is 69.4. The van der Waals surface area contributed by atoms with E-state index >= 15 is 0 Å². The lowest BCUT2D eigenvalue weighted by atomic mass is 9.84. The van der Waals surface area contributed by atoms with Gasteiger partial charge in [-0.15, -0.1) is 0 Å². The van der Waals surface area contributed by atoms with Crippen molar-refractivity contribution in [2.24, 2.45) is 13.0 Å². The lowest BCUT2D eigenvalue weighted by molar-refractivity contribution is -0.134. The second-order valence-electron chi connectivity index (χ2n) is 22.8. The fourth-order valence-electron chi connectivity index (χ4n) is 12.1. The molecule has 3 aromatic heterocycles. The second kappa shape index (κ2) is 22.3. The number of imide groups is 1. The summed E-state index contributed by atoms with van der Waals surface area (Å²) in [5, 5.41) is 11.9. The molecule has 1 atom stereocenters. The summed E-state index contributed by atoms with van der Waals surface area (Å²) < 4.78 is 15.7. The number of pyridine rings is 1. The molecule has 1 saturated carbocycles. The predicted molar refractivity (Wildman–Crippen MR) is 308 cm³/mol. The van der Waals surface area contributed by atoms with E-state index in [2.05, 4.69) is 62.4 Å². The van der Waals surface area contributed by atoms with Crippen LogP contribution >= 0.6 is 11.3 Å². The van der Waals surface area contributed by atoms with Gasteiger partial charge in [-0.1, -0.05) is 60.6 Å². The third kappa shape index (κ3) is 11.4. The lowest BCUT2D eigenvalue weighted by Gasteiger charge is -2.37. The first-order chi connectivity index (χ1) is 37.6. The SMILES string of the molecule is Cc1cc2c(C3CCC(=O)NC3=O)nn(C)c2cc1N1CCN(CCCC[C@H]2CC[C@H](Oc3cccc(-c4ccc(N5CCc6cccc(C(=O)Nc7nc8ccccc8s7)c6C5)nc4C(=O)OC(C)(C)C)c3C)CC2)CC1. The van der Waals surface area contributed by atoms with Crippen molar-refractivity contribution < 1.29 is 28.7 Å². The summed E-state index contributed by atoms with van der Waals surface area (Å²) in [6.07, 6.45) is 9.68. The molecule has 6 heterocycles. The minimum absolute atomic E-state index is 0.127. The Balaban J connectivity index is 0.679. The molecule has 3 aliphatic heterocycles. The van der Waals surface area contributed by atoms with Crippen molar-refractivity contribution in [3.05, 3.63) is 124 Å². The van der Waals surface area contributed by atoms with E-state index in [1.807, 2.05) is 99.2 Å². The van der Waals surface area contributed by atoms with E-state index in [1.54, 1.807) is 0 Å². The number of hydrogen-bond donors (Lipinski definition) is 2. The van der Waals surface area contributed by atoms with Crippen molar-refractivity contribution in [3.8, 4) is 16.9 Å². The van der Waals surface area contributed by atoms with Gasteiger partial charge in [-0.05, 0) is 168 Å². The number of esters is 1. The number of nitrogens with one attached hydrogen (secondary N) is 2. The van der Waals surface area contributed by atoms with Crippen LogP contribution in [0.1, 0.15) is 133 Å². The van der Waals surface area contributed by atoms with Crippen LogP contribution in [0.15, 0.2) is 84.9 Å². The zero-order valence-electron chi connectivity index (χ0n) is 45.8. The van der Waals surface area contributed by atoms with Crippen molar-refractivity contribution in [2.45, 2.75) is 123 Å². The number of amides is 3. The standard InChI is InChI=1S/C62H71N9O6S/c1-38-35-47-51(68(6)67-56(47)46-25-27-55(72)65-59(46)74)36-50(38)70-33-31-69(32-34-70)29-10-9-13-40-20-22-42(23-21-40)76-52-18-12-15-43(39(52)2)44-24-26-54(64-57(44)60(75)77-62(3,4)5)71-30-28-41-14-11-16-45(48(41)37-71)58(73)66-61-63-49-17-7-8-19-53(49)78-61/h7-8,11-12,14-19,24,26,35-36,40,42,46H,9-10,13,20-23,25,27-34,37H2,1-6H3,(H,63,66,73)(H,65,72,74)/t40-,42-,46?. The van der Waals surface area contributed by atoms with Crippen LogP contribution in [0.5, 0.6) is 5.75 Å². The molecule has 0 bridgehead atoms. The van der Waals surface area contributed by atoms with Gasteiger partial charge in [0.25, 0.3) is 5.91 Å². The minimum atomic E-state index is -0.730. The number of para-hydroxylation sites is 1. The van der Waals surface area contributed by atoms with Crippen molar-refractivity contribution in [1.29, 1.82) is 0 Å². The second-order valence-corrected chi connectivity index (χ2v) is 23.8. The Bertz CT molecular complexity index is 3380. The zero-order chi connectivity index (χ0) is 54.2. The molecular weight excluding hydrogens is 999 g/mol. The van der Waals surface area contributed by atoms with Crippen molar-refractivity contribution in [2.75, 3.05) is 54.4 Å². The Labute approximate surface area is 460 Å². The van der Waals surface area contributed by atoms with Crippen LogP contribution in [0.25, 0.3) is 32.2 Å². The summed E-state index contributed by atoms with van der Waals surface area (Å²) >= 11 is 1.45. The monoisotopic (exact) mass is 1070 g/mol. The highest BCUT2D eigenvalue weighted by Crippen LogP contribution is 2.39. The van der Waals surface area contributed by atoms with Crippen molar-refractivity contribution >= 4 is 72.8 Å². The van der Waals surface area contributed by atoms with Gasteiger partial charge in [0, 0.05) is 74.9 Å². The highest BCUT2D eigenvalue weighted by atomic mass is 32.1. The predicted octanol–water partition coefficient (Wildman–Crippen LogP) is 11.1. The molecule has 11 rings (SSSR count). The highest BCUT2D eigenvalue weighted by molar-refractivity contribution is 7.22. The van der Waals surface area contributed by atoms with Crippen LogP contribution in [-0.2, 0) is 34.3 Å². The lowest BCUT2D eigenvalue weighted by Crippen LogP contribution is -2.46.